The molecule has 7 nitrogen and oxygen atoms in total. The summed E-state index contributed by atoms with van der Waals surface area (Å²) in [5, 5.41) is 6.81. The minimum atomic E-state index is -1.20. The van der Waals surface area contributed by atoms with Gasteiger partial charge < -0.3 is 20.3 Å². The van der Waals surface area contributed by atoms with Gasteiger partial charge in [0.2, 0.25) is 17.7 Å². The van der Waals surface area contributed by atoms with Crippen molar-refractivity contribution in [3.05, 3.63) is 76.3 Å². The summed E-state index contributed by atoms with van der Waals surface area (Å²) >= 11 is 6.30. The average molecular weight is 576 g/mol. The second kappa shape index (κ2) is 10.6. The minimum absolute atomic E-state index is 0.0333. The Morgan fingerprint density at radius 2 is 1.83 bits per heavy atom. The average Bonchev–Trinajstić information content (AvgIpc) is 3.58. The predicted octanol–water partition coefficient (Wildman–Crippen LogP) is 5.19. The molecule has 3 amide bonds. The zero-order valence-electron chi connectivity index (χ0n) is 24.0. The zero-order valence-corrected chi connectivity index (χ0v) is 24.8. The van der Waals surface area contributed by atoms with Crippen LogP contribution in [0, 0.1) is 37.5 Å². The van der Waals surface area contributed by atoms with Crippen LogP contribution in [0.2, 0.25) is 5.02 Å². The van der Waals surface area contributed by atoms with Crippen LogP contribution in [-0.4, -0.2) is 46.4 Å². The van der Waals surface area contributed by atoms with Gasteiger partial charge in [-0.15, -0.1) is 0 Å². The minimum Gasteiger partial charge on any atom is -0.359 e. The lowest BCUT2D eigenvalue weighted by atomic mass is 9.73. The summed E-state index contributed by atoms with van der Waals surface area (Å²) in [7, 11) is 0. The van der Waals surface area contributed by atoms with Crippen molar-refractivity contribution in [3.8, 4) is 0 Å². The molecule has 1 saturated carbocycles. The molecule has 8 unspecified atom stereocenters. The Balaban J connectivity index is 1.32. The summed E-state index contributed by atoms with van der Waals surface area (Å²) in [5.74, 6) is -1.48. The fourth-order valence-corrected chi connectivity index (χ4v) is 7.45. The number of hydrogen-bond donors (Lipinski definition) is 2. The molecule has 2 saturated heterocycles. The second-order valence-electron chi connectivity index (χ2n) is 12.5. The fraction of sp³-hybridized carbons (Fsp3) is 0.485. The van der Waals surface area contributed by atoms with E-state index in [9.17, 15) is 14.4 Å². The molecule has 2 N–H and O–H groups in total. The topological polar surface area (TPSA) is 87.7 Å². The maximum absolute atomic E-state index is 14.3. The first-order valence-corrected chi connectivity index (χ1v) is 15.1. The van der Waals surface area contributed by atoms with Gasteiger partial charge in [-0.25, -0.2) is 0 Å². The number of carbonyl (C=O) groups is 3. The number of carbonyl (C=O) groups excluding carboxylic acids is 3. The molecule has 4 aliphatic rings. The third-order valence-corrected chi connectivity index (χ3v) is 10.3. The lowest BCUT2D eigenvalue weighted by Crippen LogP contribution is -2.57. The number of likely N-dealkylation sites (tertiary alicyclic amines) is 1. The monoisotopic (exact) mass is 575 g/mol. The Morgan fingerprint density at radius 3 is 2.56 bits per heavy atom. The molecule has 0 radical (unpaired) electrons. The highest BCUT2D eigenvalue weighted by Gasteiger charge is 2.72. The molecule has 3 fully saturated rings. The van der Waals surface area contributed by atoms with Crippen molar-refractivity contribution in [2.75, 3.05) is 5.32 Å². The van der Waals surface area contributed by atoms with E-state index in [1.165, 1.54) is 0 Å². The quantitative estimate of drug-likeness (QED) is 0.464. The maximum atomic E-state index is 14.3. The van der Waals surface area contributed by atoms with Gasteiger partial charge in [-0.3, -0.25) is 14.4 Å². The summed E-state index contributed by atoms with van der Waals surface area (Å²) in [5.41, 5.74) is 2.30. The molecule has 3 aliphatic heterocycles. The van der Waals surface area contributed by atoms with Gasteiger partial charge in [0.25, 0.3) is 0 Å². The van der Waals surface area contributed by atoms with Crippen LogP contribution in [0.3, 0.4) is 0 Å². The lowest BCUT2D eigenvalue weighted by Gasteiger charge is -2.38. The second-order valence-corrected chi connectivity index (χ2v) is 12.9. The van der Waals surface area contributed by atoms with E-state index in [0.29, 0.717) is 22.5 Å². The van der Waals surface area contributed by atoms with E-state index in [0.717, 1.165) is 36.0 Å². The Hall–Kier alpha value is -3.16. The van der Waals surface area contributed by atoms with Gasteiger partial charge in [-0.1, -0.05) is 86.3 Å². The van der Waals surface area contributed by atoms with Crippen molar-refractivity contribution >= 4 is 35.0 Å². The number of nitrogens with one attached hydrogen (secondary N) is 2. The van der Waals surface area contributed by atoms with Crippen molar-refractivity contribution in [1.29, 1.82) is 0 Å². The summed E-state index contributed by atoms with van der Waals surface area (Å²) < 4.78 is 6.51. The Bertz CT molecular complexity index is 1410. The standard InChI is InChI=1S/C33H38ClN3O4/c1-18-8-11-22(12-9-18)17-37-29(31(39)36-25-7-5-6-19(2)21(25)4)33-15-14-26(41-33)27(28(33)32(37)40)30(38)35-23-13-10-20(3)24(34)16-23/h8-16,19,21,25-29H,5-7,17H2,1-4H3,(H,35,38)(H,36,39). The molecule has 1 spiro atoms. The maximum Gasteiger partial charge on any atom is 0.246 e. The first kappa shape index (κ1) is 28.0. The smallest absolute Gasteiger partial charge is 0.246 e. The van der Waals surface area contributed by atoms with Crippen molar-refractivity contribution in [2.24, 2.45) is 23.7 Å². The third kappa shape index (κ3) is 4.77. The van der Waals surface area contributed by atoms with Gasteiger partial charge >= 0.3 is 0 Å². The Kier molecular flexibility index (Phi) is 7.23. The summed E-state index contributed by atoms with van der Waals surface area (Å²) in [6, 6.07) is 12.5. The third-order valence-electron chi connectivity index (χ3n) is 9.87. The van der Waals surface area contributed by atoms with E-state index < -0.39 is 29.6 Å². The molecule has 41 heavy (non-hydrogen) atoms. The highest BCUT2D eigenvalue weighted by molar-refractivity contribution is 6.31. The lowest BCUT2D eigenvalue weighted by molar-refractivity contribution is -0.142. The van der Waals surface area contributed by atoms with Crippen LogP contribution in [0.5, 0.6) is 0 Å². The van der Waals surface area contributed by atoms with Gasteiger partial charge in [0.15, 0.2) is 0 Å². The van der Waals surface area contributed by atoms with Crippen LogP contribution < -0.4 is 10.6 Å². The number of anilines is 1. The number of amides is 3. The number of halogens is 1. The largest absolute Gasteiger partial charge is 0.359 e. The molecule has 3 heterocycles. The van der Waals surface area contributed by atoms with E-state index in [4.69, 9.17) is 16.3 Å². The van der Waals surface area contributed by atoms with Crippen LogP contribution in [0.4, 0.5) is 5.69 Å². The SMILES string of the molecule is Cc1ccc(CN2C(=O)C3C(C(=O)Nc4ccc(C)c(Cl)c4)C4C=CC3(O4)C2C(=O)NC2CCCC(C)C2C)cc1. The fourth-order valence-electron chi connectivity index (χ4n) is 7.27. The molecule has 0 aromatic heterocycles. The molecule has 2 bridgehead atoms. The molecule has 1 aliphatic carbocycles. The Labute approximate surface area is 246 Å². The van der Waals surface area contributed by atoms with E-state index in [1.807, 2.05) is 56.3 Å². The summed E-state index contributed by atoms with van der Waals surface area (Å²) in [4.78, 5) is 43.8. The zero-order chi connectivity index (χ0) is 29.1. The molecule has 8 heteroatoms. The molecule has 6 rings (SSSR count). The number of hydrogen-bond acceptors (Lipinski definition) is 4. The van der Waals surface area contributed by atoms with Crippen molar-refractivity contribution in [3.63, 3.8) is 0 Å². The van der Waals surface area contributed by atoms with E-state index in [1.54, 1.807) is 17.0 Å². The van der Waals surface area contributed by atoms with Gasteiger partial charge in [0.05, 0.1) is 17.9 Å². The molecule has 216 valence electrons. The molecule has 8 atom stereocenters. The molecular weight excluding hydrogens is 538 g/mol. The van der Waals surface area contributed by atoms with Crippen LogP contribution in [0.1, 0.15) is 49.8 Å². The highest BCUT2D eigenvalue weighted by Crippen LogP contribution is 2.55. The van der Waals surface area contributed by atoms with Gasteiger partial charge in [-0.2, -0.15) is 0 Å². The first-order chi connectivity index (χ1) is 19.6. The van der Waals surface area contributed by atoms with E-state index in [2.05, 4.69) is 24.5 Å². The van der Waals surface area contributed by atoms with Crippen molar-refractivity contribution < 1.29 is 19.1 Å². The molecule has 2 aromatic carbocycles. The number of fused-ring (bicyclic) bond motifs is 1. The Morgan fingerprint density at radius 1 is 1.07 bits per heavy atom. The van der Waals surface area contributed by atoms with E-state index >= 15 is 0 Å². The van der Waals surface area contributed by atoms with E-state index in [-0.39, 0.29) is 30.3 Å². The number of benzene rings is 2. The predicted molar refractivity (Wildman–Crippen MR) is 158 cm³/mol. The number of ether oxygens (including phenoxy) is 1. The molecular formula is C33H38ClN3O4. The van der Waals surface area contributed by atoms with Crippen LogP contribution in [-0.2, 0) is 25.7 Å². The van der Waals surface area contributed by atoms with Crippen molar-refractivity contribution in [1.82, 2.24) is 10.2 Å². The summed E-state index contributed by atoms with van der Waals surface area (Å²) in [6.07, 6.45) is 6.24. The van der Waals surface area contributed by atoms with Crippen molar-refractivity contribution in [2.45, 2.75) is 77.3 Å². The highest BCUT2D eigenvalue weighted by atomic mass is 35.5. The number of rotatable bonds is 6. The number of nitrogens with zero attached hydrogens (tertiary/aromatic N) is 1. The molecule has 2 aromatic rings. The van der Waals surface area contributed by atoms with Gasteiger partial charge in [-0.05, 0) is 55.4 Å². The van der Waals surface area contributed by atoms with Gasteiger partial charge in [0.1, 0.15) is 11.6 Å². The first-order valence-electron chi connectivity index (χ1n) is 14.7. The normalized spacial score (nSPS) is 33.6. The van der Waals surface area contributed by atoms with Gasteiger partial charge in [0, 0.05) is 23.3 Å². The summed E-state index contributed by atoms with van der Waals surface area (Å²) in [6.45, 7) is 8.59. The van der Waals surface area contributed by atoms with Crippen LogP contribution in [0.15, 0.2) is 54.6 Å². The van der Waals surface area contributed by atoms with Crippen LogP contribution in [0.25, 0.3) is 0 Å². The number of aryl methyl sites for hydroxylation is 2. The van der Waals surface area contributed by atoms with Crippen LogP contribution >= 0.6 is 11.6 Å².